The normalized spacial score (nSPS) is 12.9. The molecule has 0 radical (unpaired) electrons. The van der Waals surface area contributed by atoms with Gasteiger partial charge in [-0.2, -0.15) is 27.1 Å². The van der Waals surface area contributed by atoms with Crippen LogP contribution in [0.25, 0.3) is 11.1 Å². The molecule has 1 aromatic heterocycles. The third kappa shape index (κ3) is 6.96. The maximum absolute atomic E-state index is 12.9. The fourth-order valence-corrected chi connectivity index (χ4v) is 3.92. The Bertz CT molecular complexity index is 1460. The van der Waals surface area contributed by atoms with E-state index in [1.165, 1.54) is 10.9 Å². The van der Waals surface area contributed by atoms with Gasteiger partial charge in [0.15, 0.2) is 0 Å². The van der Waals surface area contributed by atoms with Crippen LogP contribution in [0.4, 0.5) is 27.6 Å². The van der Waals surface area contributed by atoms with Gasteiger partial charge in [-0.05, 0) is 40.8 Å². The molecule has 1 amide bonds. The summed E-state index contributed by atoms with van der Waals surface area (Å²) in [5.74, 6) is -2.66. The van der Waals surface area contributed by atoms with Crippen molar-refractivity contribution in [1.29, 1.82) is 0 Å². The van der Waals surface area contributed by atoms with Crippen LogP contribution in [0.2, 0.25) is 0 Å². The molecule has 0 spiro atoms. The molecule has 39 heavy (non-hydrogen) atoms. The number of rotatable bonds is 6. The molecule has 0 atom stereocenters. The molecular weight excluding hydrogens is 529 g/mol. The van der Waals surface area contributed by atoms with Crippen LogP contribution in [0, 0.1) is 0 Å². The average molecular weight is 553 g/mol. The summed E-state index contributed by atoms with van der Waals surface area (Å²) in [6.07, 6.45) is -4.47. The number of hydrogen-bond donors (Lipinski definition) is 2. The third-order valence-corrected chi connectivity index (χ3v) is 5.99. The quantitative estimate of drug-likeness (QED) is 0.451. The lowest BCUT2D eigenvalue weighted by Gasteiger charge is -2.26. The standard InChI is InChI=1S/C23H23F2N5O2.C2HF3O2/c1-28-20-8-6-15(10-16(20)7-9-21(28)31)19-5-3-2-4-17(19)12-29-14-27-30(23(29)32)13-18(11-26)22(24)25;3-2(4,5)1(6)7/h2-6,8,10,14H,7,9,11-13,26H2,1H3;(H,6,7). The third-order valence-electron chi connectivity index (χ3n) is 5.99. The monoisotopic (exact) mass is 553 g/mol. The maximum atomic E-state index is 12.9. The fourth-order valence-electron chi connectivity index (χ4n) is 3.92. The van der Waals surface area contributed by atoms with Crippen LogP contribution in [0.15, 0.2) is 65.2 Å². The van der Waals surface area contributed by atoms with Crippen molar-refractivity contribution in [3.8, 4) is 11.1 Å². The number of carboxylic acids is 1. The number of hydrogen-bond acceptors (Lipinski definition) is 5. The molecule has 0 bridgehead atoms. The Morgan fingerprint density at radius 3 is 2.38 bits per heavy atom. The second-order valence-corrected chi connectivity index (χ2v) is 8.52. The number of benzene rings is 2. The Labute approximate surface area is 218 Å². The first-order chi connectivity index (χ1) is 18.3. The predicted molar refractivity (Wildman–Crippen MR) is 131 cm³/mol. The van der Waals surface area contributed by atoms with E-state index in [0.29, 0.717) is 12.8 Å². The van der Waals surface area contributed by atoms with Gasteiger partial charge >= 0.3 is 17.8 Å². The summed E-state index contributed by atoms with van der Waals surface area (Å²) in [5, 5.41) is 11.1. The minimum Gasteiger partial charge on any atom is -0.475 e. The minimum atomic E-state index is -5.08. The number of aryl methyl sites for hydroxylation is 1. The zero-order chi connectivity index (χ0) is 28.9. The van der Waals surface area contributed by atoms with Crippen molar-refractivity contribution in [2.24, 2.45) is 5.73 Å². The van der Waals surface area contributed by atoms with E-state index in [4.69, 9.17) is 15.6 Å². The van der Waals surface area contributed by atoms with Crippen molar-refractivity contribution < 1.29 is 36.6 Å². The Morgan fingerprint density at radius 1 is 1.10 bits per heavy atom. The minimum absolute atomic E-state index is 0.0994. The number of aromatic nitrogens is 3. The lowest BCUT2D eigenvalue weighted by atomic mass is 9.94. The summed E-state index contributed by atoms with van der Waals surface area (Å²) < 4.78 is 59.9. The first-order valence-electron chi connectivity index (χ1n) is 11.5. The molecule has 3 N–H and O–H groups in total. The zero-order valence-electron chi connectivity index (χ0n) is 20.6. The number of carboxylic acid groups (broad SMARTS) is 1. The van der Waals surface area contributed by atoms with E-state index in [0.717, 1.165) is 32.6 Å². The predicted octanol–water partition coefficient (Wildman–Crippen LogP) is 3.41. The molecule has 0 saturated carbocycles. The van der Waals surface area contributed by atoms with Crippen molar-refractivity contribution in [2.75, 3.05) is 18.5 Å². The molecule has 3 aromatic rings. The number of nitrogens with zero attached hydrogens (tertiary/aromatic N) is 4. The van der Waals surface area contributed by atoms with Gasteiger partial charge in [-0.15, -0.1) is 0 Å². The number of amides is 1. The topological polar surface area (TPSA) is 123 Å². The fraction of sp³-hybridized carbons (Fsp3) is 0.280. The number of nitrogens with two attached hydrogens (primary N) is 1. The average Bonchev–Trinajstić information content (AvgIpc) is 3.23. The molecule has 2 heterocycles. The first-order valence-corrected chi connectivity index (χ1v) is 11.5. The van der Waals surface area contributed by atoms with Gasteiger partial charge in [-0.1, -0.05) is 30.3 Å². The molecule has 4 rings (SSSR count). The molecule has 1 aliphatic heterocycles. The molecular formula is C25H24F5N5O4. The van der Waals surface area contributed by atoms with Gasteiger partial charge in [0.2, 0.25) is 5.91 Å². The van der Waals surface area contributed by atoms with Crippen LogP contribution in [-0.2, 0) is 29.1 Å². The molecule has 208 valence electrons. The molecule has 2 aromatic carbocycles. The number of carbonyl (C=O) groups is 2. The molecule has 0 aliphatic carbocycles. The number of anilines is 1. The van der Waals surface area contributed by atoms with Crippen molar-refractivity contribution in [3.63, 3.8) is 0 Å². The summed E-state index contributed by atoms with van der Waals surface area (Å²) >= 11 is 0. The highest BCUT2D eigenvalue weighted by Gasteiger charge is 2.38. The molecule has 9 nitrogen and oxygen atoms in total. The maximum Gasteiger partial charge on any atom is 0.490 e. The summed E-state index contributed by atoms with van der Waals surface area (Å²) in [7, 11) is 1.78. The van der Waals surface area contributed by atoms with E-state index in [1.807, 2.05) is 36.4 Å². The van der Waals surface area contributed by atoms with Crippen molar-refractivity contribution in [3.05, 3.63) is 82.1 Å². The Balaban J connectivity index is 0.000000532. The van der Waals surface area contributed by atoms with Gasteiger partial charge in [0.1, 0.15) is 6.33 Å². The van der Waals surface area contributed by atoms with Crippen LogP contribution in [0.3, 0.4) is 0 Å². The van der Waals surface area contributed by atoms with Crippen LogP contribution in [0.5, 0.6) is 0 Å². The number of aliphatic carboxylic acids is 1. The second-order valence-electron chi connectivity index (χ2n) is 8.52. The highest BCUT2D eigenvalue weighted by molar-refractivity contribution is 5.96. The number of halogens is 5. The van der Waals surface area contributed by atoms with Gasteiger partial charge in [0, 0.05) is 31.3 Å². The van der Waals surface area contributed by atoms with Gasteiger partial charge in [-0.25, -0.2) is 14.3 Å². The number of alkyl halides is 3. The summed E-state index contributed by atoms with van der Waals surface area (Å²) in [4.78, 5) is 35.2. The van der Waals surface area contributed by atoms with Crippen molar-refractivity contribution in [1.82, 2.24) is 14.3 Å². The van der Waals surface area contributed by atoms with Gasteiger partial charge in [-0.3, -0.25) is 9.36 Å². The van der Waals surface area contributed by atoms with Crippen LogP contribution < -0.4 is 16.3 Å². The Kier molecular flexibility index (Phi) is 9.01. The van der Waals surface area contributed by atoms with E-state index in [-0.39, 0.29) is 31.1 Å². The van der Waals surface area contributed by atoms with E-state index in [1.54, 1.807) is 11.9 Å². The van der Waals surface area contributed by atoms with Gasteiger partial charge in [0.25, 0.3) is 6.08 Å². The Hall–Kier alpha value is -4.33. The van der Waals surface area contributed by atoms with Crippen LogP contribution >= 0.6 is 0 Å². The van der Waals surface area contributed by atoms with E-state index >= 15 is 0 Å². The van der Waals surface area contributed by atoms with Crippen molar-refractivity contribution in [2.45, 2.75) is 32.1 Å². The lowest BCUT2D eigenvalue weighted by Crippen LogP contribution is -2.31. The highest BCUT2D eigenvalue weighted by Crippen LogP contribution is 2.32. The highest BCUT2D eigenvalue weighted by atomic mass is 19.4. The summed E-state index contributed by atoms with van der Waals surface area (Å²) in [6, 6.07) is 13.7. The first kappa shape index (κ1) is 29.2. The van der Waals surface area contributed by atoms with Gasteiger partial charge in [0.05, 0.1) is 13.1 Å². The summed E-state index contributed by atoms with van der Waals surface area (Å²) in [5.41, 5.74) is 9.35. The SMILES string of the molecule is CN1C(=O)CCc2cc(-c3ccccc3Cn3cnn(CC(CN)=C(F)F)c3=O)ccc21.O=C(O)C(F)(F)F. The van der Waals surface area contributed by atoms with E-state index in [2.05, 4.69) is 11.2 Å². The van der Waals surface area contributed by atoms with Crippen LogP contribution in [-0.4, -0.2) is 51.1 Å². The molecule has 1 aliphatic rings. The smallest absolute Gasteiger partial charge is 0.475 e. The molecule has 14 heteroatoms. The second kappa shape index (κ2) is 12.0. The lowest BCUT2D eigenvalue weighted by molar-refractivity contribution is -0.192. The van der Waals surface area contributed by atoms with Crippen molar-refractivity contribution >= 4 is 17.6 Å². The van der Waals surface area contributed by atoms with E-state index < -0.39 is 23.9 Å². The number of fused-ring (bicyclic) bond motifs is 1. The molecule has 0 fully saturated rings. The molecule has 0 saturated heterocycles. The molecule has 0 unspecified atom stereocenters. The van der Waals surface area contributed by atoms with Gasteiger partial charge < -0.3 is 15.7 Å². The Morgan fingerprint density at radius 2 is 1.77 bits per heavy atom. The van der Waals surface area contributed by atoms with Crippen LogP contribution in [0.1, 0.15) is 17.5 Å². The largest absolute Gasteiger partial charge is 0.490 e. The zero-order valence-corrected chi connectivity index (χ0v) is 20.6. The van der Waals surface area contributed by atoms with E-state index in [9.17, 15) is 31.5 Å². The number of carbonyl (C=O) groups excluding carboxylic acids is 1. The summed E-state index contributed by atoms with van der Waals surface area (Å²) in [6.45, 7) is -0.447.